The maximum absolute atomic E-state index is 13.1. The number of hydrogen-bond donors (Lipinski definition) is 1. The van der Waals surface area contributed by atoms with Gasteiger partial charge in [-0.2, -0.15) is 5.26 Å². The zero-order valence-corrected chi connectivity index (χ0v) is 18.4. The smallest absolute Gasteiger partial charge is 0.262 e. The Morgan fingerprint density at radius 1 is 1.00 bits per heavy atom. The number of nitriles is 1. The summed E-state index contributed by atoms with van der Waals surface area (Å²) in [5.74, 6) is -0.0335. The van der Waals surface area contributed by atoms with Crippen LogP contribution in [-0.2, 0) is 4.79 Å². The van der Waals surface area contributed by atoms with Gasteiger partial charge in [0.25, 0.3) is 5.91 Å². The fourth-order valence-electron chi connectivity index (χ4n) is 3.52. The summed E-state index contributed by atoms with van der Waals surface area (Å²) in [6.07, 6.45) is 1.71. The highest BCUT2D eigenvalue weighted by atomic mass is 19.1. The van der Waals surface area contributed by atoms with Gasteiger partial charge in [-0.25, -0.2) is 4.39 Å². The first kappa shape index (κ1) is 22.6. The molecule has 0 spiro atoms. The minimum Gasteiger partial charge on any atom is -0.493 e. The number of allylic oxidation sites excluding steroid dienone is 1. The van der Waals surface area contributed by atoms with Crippen LogP contribution in [0.25, 0.3) is 22.4 Å². The number of benzene rings is 4. The summed E-state index contributed by atoms with van der Waals surface area (Å²) in [6, 6.07) is 26.7. The molecule has 4 aromatic rings. The third kappa shape index (κ3) is 5.22. The number of nitrogens with zero attached hydrogens (tertiary/aromatic N) is 1. The van der Waals surface area contributed by atoms with E-state index in [1.54, 1.807) is 24.3 Å². The molecule has 1 amide bonds. The Hall–Kier alpha value is -4.63. The van der Waals surface area contributed by atoms with Gasteiger partial charge in [0.05, 0.1) is 18.8 Å². The summed E-state index contributed by atoms with van der Waals surface area (Å²) in [5, 5.41) is 14.6. The van der Waals surface area contributed by atoms with Crippen LogP contribution >= 0.6 is 0 Å². The number of hydrogen-bond acceptors (Lipinski definition) is 4. The average Bonchev–Trinajstić information content (AvgIpc) is 2.87. The standard InChI is InChI=1S/C28H21FN2O3/c1-33-26-8-4-7-22(28(26)34-18-27(32)31-25-13-11-24(29)12-14-25)16-23(17-30)21-10-9-19-5-2-3-6-20(19)15-21/h2-16H,18H2,1H3,(H,31,32). The molecule has 0 aliphatic carbocycles. The Morgan fingerprint density at radius 3 is 2.50 bits per heavy atom. The second-order valence-corrected chi connectivity index (χ2v) is 7.45. The van der Waals surface area contributed by atoms with Gasteiger partial charge in [-0.1, -0.05) is 48.5 Å². The number of carbonyl (C=O) groups excluding carboxylic acids is 1. The highest BCUT2D eigenvalue weighted by Crippen LogP contribution is 2.34. The van der Waals surface area contributed by atoms with Gasteiger partial charge in [0.1, 0.15) is 5.82 Å². The summed E-state index contributed by atoms with van der Waals surface area (Å²) >= 11 is 0. The van der Waals surface area contributed by atoms with Crippen molar-refractivity contribution in [3.05, 3.63) is 102 Å². The number of para-hydroxylation sites is 1. The second kappa shape index (κ2) is 10.3. The Bertz CT molecular complexity index is 1410. The van der Waals surface area contributed by atoms with Crippen LogP contribution in [0.1, 0.15) is 11.1 Å². The molecular weight excluding hydrogens is 431 g/mol. The molecule has 0 atom stereocenters. The summed E-state index contributed by atoms with van der Waals surface area (Å²) in [5.41, 5.74) is 2.26. The monoisotopic (exact) mass is 452 g/mol. The molecular formula is C28H21FN2O3. The van der Waals surface area contributed by atoms with Crippen molar-refractivity contribution in [1.82, 2.24) is 0 Å². The molecule has 0 bridgehead atoms. The summed E-state index contributed by atoms with van der Waals surface area (Å²) in [6.45, 7) is -0.295. The first-order valence-electron chi connectivity index (χ1n) is 10.5. The molecule has 6 heteroatoms. The van der Waals surface area contributed by atoms with Crippen LogP contribution in [0.3, 0.4) is 0 Å². The molecule has 0 heterocycles. The third-order valence-electron chi connectivity index (χ3n) is 5.19. The van der Waals surface area contributed by atoms with E-state index in [-0.39, 0.29) is 12.4 Å². The number of rotatable bonds is 7. The summed E-state index contributed by atoms with van der Waals surface area (Å²) < 4.78 is 24.3. The SMILES string of the molecule is COc1cccc(C=C(C#N)c2ccc3ccccc3c2)c1OCC(=O)Nc1ccc(F)cc1. The minimum atomic E-state index is -0.414. The third-order valence-corrected chi connectivity index (χ3v) is 5.19. The number of carbonyl (C=O) groups is 1. The van der Waals surface area contributed by atoms with Gasteiger partial charge >= 0.3 is 0 Å². The number of amides is 1. The van der Waals surface area contributed by atoms with Crippen LogP contribution in [0.4, 0.5) is 10.1 Å². The van der Waals surface area contributed by atoms with E-state index >= 15 is 0 Å². The maximum atomic E-state index is 13.1. The zero-order chi connectivity index (χ0) is 23.9. The first-order chi connectivity index (χ1) is 16.6. The molecule has 4 rings (SSSR count). The molecule has 0 aliphatic heterocycles. The van der Waals surface area contributed by atoms with Crippen LogP contribution in [0.15, 0.2) is 84.9 Å². The predicted molar refractivity (Wildman–Crippen MR) is 131 cm³/mol. The molecule has 4 aromatic carbocycles. The van der Waals surface area contributed by atoms with E-state index in [1.165, 1.54) is 31.4 Å². The quantitative estimate of drug-likeness (QED) is 0.273. The van der Waals surface area contributed by atoms with E-state index in [0.29, 0.717) is 28.3 Å². The normalized spacial score (nSPS) is 11.0. The van der Waals surface area contributed by atoms with Crippen molar-refractivity contribution in [2.24, 2.45) is 0 Å². The number of fused-ring (bicyclic) bond motifs is 1. The molecule has 0 aliphatic rings. The number of anilines is 1. The number of halogens is 1. The Kier molecular flexibility index (Phi) is 6.85. The lowest BCUT2D eigenvalue weighted by atomic mass is 10.00. The fourth-order valence-corrected chi connectivity index (χ4v) is 3.52. The van der Waals surface area contributed by atoms with Crippen LogP contribution in [-0.4, -0.2) is 19.6 Å². The largest absolute Gasteiger partial charge is 0.493 e. The van der Waals surface area contributed by atoms with Crippen LogP contribution < -0.4 is 14.8 Å². The van der Waals surface area contributed by atoms with Crippen LogP contribution in [0.2, 0.25) is 0 Å². The Morgan fingerprint density at radius 2 is 1.76 bits per heavy atom. The van der Waals surface area contributed by atoms with Crippen molar-refractivity contribution in [2.45, 2.75) is 0 Å². The molecule has 5 nitrogen and oxygen atoms in total. The topological polar surface area (TPSA) is 71.3 Å². The van der Waals surface area contributed by atoms with E-state index in [9.17, 15) is 14.4 Å². The first-order valence-corrected chi connectivity index (χ1v) is 10.5. The molecule has 168 valence electrons. The predicted octanol–water partition coefficient (Wildman–Crippen LogP) is 6.07. The number of ether oxygens (including phenoxy) is 2. The van der Waals surface area contributed by atoms with Gasteiger partial charge in [-0.3, -0.25) is 4.79 Å². The molecule has 0 unspecified atom stereocenters. The average molecular weight is 452 g/mol. The summed E-state index contributed by atoms with van der Waals surface area (Å²) in [4.78, 5) is 12.4. The van der Waals surface area contributed by atoms with E-state index < -0.39 is 5.91 Å². The molecule has 0 fully saturated rings. The molecule has 0 radical (unpaired) electrons. The highest BCUT2D eigenvalue weighted by molar-refractivity contribution is 5.95. The molecule has 0 saturated heterocycles. The van der Waals surface area contributed by atoms with Gasteiger partial charge in [0, 0.05) is 11.3 Å². The van der Waals surface area contributed by atoms with Gasteiger partial charge < -0.3 is 14.8 Å². The van der Waals surface area contributed by atoms with Crippen LogP contribution in [0, 0.1) is 17.1 Å². The van der Waals surface area contributed by atoms with E-state index in [0.717, 1.165) is 16.3 Å². The van der Waals surface area contributed by atoms with Crippen molar-refractivity contribution >= 4 is 34.0 Å². The lowest BCUT2D eigenvalue weighted by Gasteiger charge is -2.14. The van der Waals surface area contributed by atoms with E-state index in [2.05, 4.69) is 11.4 Å². The summed E-state index contributed by atoms with van der Waals surface area (Å²) in [7, 11) is 1.50. The van der Waals surface area contributed by atoms with Crippen molar-refractivity contribution in [1.29, 1.82) is 5.26 Å². The second-order valence-electron chi connectivity index (χ2n) is 7.45. The van der Waals surface area contributed by atoms with Crippen molar-refractivity contribution in [3.63, 3.8) is 0 Å². The van der Waals surface area contributed by atoms with Gasteiger partial charge in [0.2, 0.25) is 0 Å². The fraction of sp³-hybridized carbons (Fsp3) is 0.0714. The van der Waals surface area contributed by atoms with Crippen molar-refractivity contribution in [2.75, 3.05) is 19.0 Å². The van der Waals surface area contributed by atoms with E-state index in [1.807, 2.05) is 42.5 Å². The molecule has 0 saturated carbocycles. The van der Waals surface area contributed by atoms with Gasteiger partial charge in [-0.15, -0.1) is 0 Å². The van der Waals surface area contributed by atoms with Gasteiger partial charge in [0.15, 0.2) is 18.1 Å². The maximum Gasteiger partial charge on any atom is 0.262 e. The Balaban J connectivity index is 1.60. The lowest BCUT2D eigenvalue weighted by molar-refractivity contribution is -0.118. The highest BCUT2D eigenvalue weighted by Gasteiger charge is 2.13. The van der Waals surface area contributed by atoms with E-state index in [4.69, 9.17) is 9.47 Å². The van der Waals surface area contributed by atoms with Gasteiger partial charge in [-0.05, 0) is 58.8 Å². The number of methoxy groups -OCH3 is 1. The molecule has 1 N–H and O–H groups in total. The van der Waals surface area contributed by atoms with Crippen LogP contribution in [0.5, 0.6) is 11.5 Å². The number of nitrogens with one attached hydrogen (secondary N) is 1. The molecule has 0 aromatic heterocycles. The van der Waals surface area contributed by atoms with Crippen molar-refractivity contribution < 1.29 is 18.7 Å². The molecule has 34 heavy (non-hydrogen) atoms. The zero-order valence-electron chi connectivity index (χ0n) is 18.4. The minimum absolute atomic E-state index is 0.295. The van der Waals surface area contributed by atoms with Crippen molar-refractivity contribution in [3.8, 4) is 17.6 Å². The Labute approximate surface area is 196 Å². The lowest BCUT2D eigenvalue weighted by Crippen LogP contribution is -2.20.